The van der Waals surface area contributed by atoms with E-state index in [0.717, 1.165) is 16.3 Å². The lowest BCUT2D eigenvalue weighted by atomic mass is 9.98. The number of hydrogen-bond donors (Lipinski definition) is 3. The minimum atomic E-state index is -1.11. The largest absolute Gasteiger partial charge is 0.508 e. The monoisotopic (exact) mass is 335 g/mol. The normalized spacial score (nSPS) is 11.8. The number of phenolic OH excluding ortho intramolecular Hbond substituents is 1. The standard InChI is InChI=1S/C20H17NO4/c22-16-9-4-8-15(11-16)19(23)21-18(20(24)25)12-14-7-3-6-13-5-1-2-10-17(13)14/h1-11,18,22H,12H2,(H,21,23)(H,24,25). The van der Waals surface area contributed by atoms with Crippen LogP contribution in [0.5, 0.6) is 5.75 Å². The van der Waals surface area contributed by atoms with Gasteiger partial charge in [-0.05, 0) is 34.5 Å². The number of carbonyl (C=O) groups excluding carboxylic acids is 1. The number of benzene rings is 3. The summed E-state index contributed by atoms with van der Waals surface area (Å²) in [5.41, 5.74) is 1.06. The highest BCUT2D eigenvalue weighted by atomic mass is 16.4. The number of aliphatic carboxylic acids is 1. The second kappa shape index (κ2) is 7.05. The van der Waals surface area contributed by atoms with Gasteiger partial charge in [0.25, 0.3) is 5.91 Å². The minimum Gasteiger partial charge on any atom is -0.508 e. The highest BCUT2D eigenvalue weighted by molar-refractivity contribution is 5.97. The van der Waals surface area contributed by atoms with Crippen LogP contribution in [-0.4, -0.2) is 28.1 Å². The number of amides is 1. The van der Waals surface area contributed by atoms with Crippen LogP contribution < -0.4 is 5.32 Å². The number of phenols is 1. The summed E-state index contributed by atoms with van der Waals surface area (Å²) in [6.45, 7) is 0. The summed E-state index contributed by atoms with van der Waals surface area (Å²) >= 11 is 0. The Bertz CT molecular complexity index is 930. The van der Waals surface area contributed by atoms with E-state index in [4.69, 9.17) is 0 Å². The fraction of sp³-hybridized carbons (Fsp3) is 0.100. The molecule has 3 N–H and O–H groups in total. The summed E-state index contributed by atoms with van der Waals surface area (Å²) < 4.78 is 0. The van der Waals surface area contributed by atoms with Crippen LogP contribution in [0.4, 0.5) is 0 Å². The molecule has 3 rings (SSSR count). The molecule has 0 fully saturated rings. The topological polar surface area (TPSA) is 86.6 Å². The third-order valence-corrected chi connectivity index (χ3v) is 4.02. The molecule has 0 spiro atoms. The first-order valence-electron chi connectivity index (χ1n) is 7.84. The fourth-order valence-corrected chi connectivity index (χ4v) is 2.78. The van der Waals surface area contributed by atoms with Crippen molar-refractivity contribution in [2.75, 3.05) is 0 Å². The predicted molar refractivity (Wildman–Crippen MR) is 94.6 cm³/mol. The molecule has 0 saturated carbocycles. The first-order valence-corrected chi connectivity index (χ1v) is 7.84. The van der Waals surface area contributed by atoms with Gasteiger partial charge in [0.15, 0.2) is 0 Å². The number of carboxylic acids is 1. The highest BCUT2D eigenvalue weighted by Gasteiger charge is 2.22. The van der Waals surface area contributed by atoms with Crippen molar-refractivity contribution in [2.45, 2.75) is 12.5 Å². The van der Waals surface area contributed by atoms with E-state index >= 15 is 0 Å². The molecule has 0 bridgehead atoms. The molecule has 126 valence electrons. The smallest absolute Gasteiger partial charge is 0.326 e. The summed E-state index contributed by atoms with van der Waals surface area (Å²) in [6, 6.07) is 18.1. The number of rotatable bonds is 5. The third kappa shape index (κ3) is 3.77. The molecule has 5 nitrogen and oxygen atoms in total. The van der Waals surface area contributed by atoms with E-state index < -0.39 is 17.9 Å². The van der Waals surface area contributed by atoms with Crippen molar-refractivity contribution in [3.63, 3.8) is 0 Å². The second-order valence-corrected chi connectivity index (χ2v) is 5.76. The Balaban J connectivity index is 1.84. The molecule has 1 unspecified atom stereocenters. The molecule has 0 aliphatic carbocycles. The molecule has 1 atom stereocenters. The van der Waals surface area contributed by atoms with E-state index in [-0.39, 0.29) is 17.7 Å². The van der Waals surface area contributed by atoms with Gasteiger partial charge in [-0.1, -0.05) is 48.5 Å². The van der Waals surface area contributed by atoms with E-state index in [1.165, 1.54) is 24.3 Å². The molecule has 25 heavy (non-hydrogen) atoms. The molecule has 1 amide bonds. The van der Waals surface area contributed by atoms with Crippen LogP contribution in [0.3, 0.4) is 0 Å². The fourth-order valence-electron chi connectivity index (χ4n) is 2.78. The number of fused-ring (bicyclic) bond motifs is 1. The molecule has 0 aliphatic heterocycles. The first-order chi connectivity index (χ1) is 12.0. The third-order valence-electron chi connectivity index (χ3n) is 4.02. The molecule has 5 heteroatoms. The molecule has 0 saturated heterocycles. The first kappa shape index (κ1) is 16.5. The van der Waals surface area contributed by atoms with Gasteiger partial charge in [0, 0.05) is 12.0 Å². The van der Waals surface area contributed by atoms with E-state index in [9.17, 15) is 19.8 Å². The Morgan fingerprint density at radius 3 is 2.44 bits per heavy atom. The average Bonchev–Trinajstić information content (AvgIpc) is 2.61. The van der Waals surface area contributed by atoms with E-state index in [1.807, 2.05) is 42.5 Å². The van der Waals surface area contributed by atoms with E-state index in [2.05, 4.69) is 5.32 Å². The number of carboxylic acid groups (broad SMARTS) is 1. The summed E-state index contributed by atoms with van der Waals surface area (Å²) in [5, 5.41) is 23.5. The van der Waals surface area contributed by atoms with Crippen molar-refractivity contribution in [3.8, 4) is 5.75 Å². The van der Waals surface area contributed by atoms with Gasteiger partial charge < -0.3 is 15.5 Å². The number of nitrogens with one attached hydrogen (secondary N) is 1. The van der Waals surface area contributed by atoms with Gasteiger partial charge in [-0.15, -0.1) is 0 Å². The summed E-state index contributed by atoms with van der Waals surface area (Å²) in [7, 11) is 0. The van der Waals surface area contributed by atoms with Crippen molar-refractivity contribution < 1.29 is 19.8 Å². The van der Waals surface area contributed by atoms with Crippen molar-refractivity contribution in [2.24, 2.45) is 0 Å². The summed E-state index contributed by atoms with van der Waals surface area (Å²) in [5.74, 6) is -1.70. The van der Waals surface area contributed by atoms with Gasteiger partial charge in [-0.3, -0.25) is 4.79 Å². The van der Waals surface area contributed by atoms with Crippen LogP contribution in [0, 0.1) is 0 Å². The van der Waals surface area contributed by atoms with E-state index in [1.54, 1.807) is 0 Å². The molecule has 3 aromatic carbocycles. The lowest BCUT2D eigenvalue weighted by molar-refractivity contribution is -0.139. The quantitative estimate of drug-likeness (QED) is 0.669. The SMILES string of the molecule is O=C(NC(Cc1cccc2ccccc12)C(=O)O)c1cccc(O)c1. The Morgan fingerprint density at radius 1 is 0.960 bits per heavy atom. The van der Waals surface area contributed by atoms with Crippen molar-refractivity contribution in [1.82, 2.24) is 5.32 Å². The van der Waals surface area contributed by atoms with Crippen LogP contribution in [0.1, 0.15) is 15.9 Å². The minimum absolute atomic E-state index is 0.0476. The molecule has 0 heterocycles. The molecule has 0 aliphatic rings. The molecular formula is C20H17NO4. The van der Waals surface area contributed by atoms with E-state index in [0.29, 0.717) is 0 Å². The Kier molecular flexibility index (Phi) is 4.66. The Labute approximate surface area is 144 Å². The zero-order valence-corrected chi connectivity index (χ0v) is 13.3. The van der Waals surface area contributed by atoms with Gasteiger partial charge in [-0.2, -0.15) is 0 Å². The molecular weight excluding hydrogens is 318 g/mol. The van der Waals surface area contributed by atoms with Crippen LogP contribution in [-0.2, 0) is 11.2 Å². The van der Waals surface area contributed by atoms with Gasteiger partial charge in [0.05, 0.1) is 0 Å². The maximum absolute atomic E-state index is 12.3. The lowest BCUT2D eigenvalue weighted by Gasteiger charge is -2.16. The molecule has 0 aromatic heterocycles. The lowest BCUT2D eigenvalue weighted by Crippen LogP contribution is -2.42. The van der Waals surface area contributed by atoms with Gasteiger partial charge >= 0.3 is 5.97 Å². The van der Waals surface area contributed by atoms with Gasteiger partial charge in [-0.25, -0.2) is 4.79 Å². The molecule has 0 radical (unpaired) electrons. The highest BCUT2D eigenvalue weighted by Crippen LogP contribution is 2.20. The Hall–Kier alpha value is -3.34. The van der Waals surface area contributed by atoms with Gasteiger partial charge in [0.1, 0.15) is 11.8 Å². The zero-order chi connectivity index (χ0) is 17.8. The zero-order valence-electron chi connectivity index (χ0n) is 13.3. The van der Waals surface area contributed by atoms with Crippen LogP contribution in [0.25, 0.3) is 10.8 Å². The number of hydrogen-bond acceptors (Lipinski definition) is 3. The maximum atomic E-state index is 12.3. The summed E-state index contributed by atoms with van der Waals surface area (Å²) in [6.07, 6.45) is 0.168. The number of carbonyl (C=O) groups is 2. The van der Waals surface area contributed by atoms with Crippen molar-refractivity contribution in [1.29, 1.82) is 0 Å². The van der Waals surface area contributed by atoms with Crippen molar-refractivity contribution >= 4 is 22.6 Å². The van der Waals surface area contributed by atoms with Crippen LogP contribution >= 0.6 is 0 Å². The summed E-state index contributed by atoms with van der Waals surface area (Å²) in [4.78, 5) is 23.9. The van der Waals surface area contributed by atoms with Gasteiger partial charge in [0.2, 0.25) is 0 Å². The van der Waals surface area contributed by atoms with Crippen LogP contribution in [0.15, 0.2) is 66.7 Å². The average molecular weight is 335 g/mol. The van der Waals surface area contributed by atoms with Crippen LogP contribution in [0.2, 0.25) is 0 Å². The maximum Gasteiger partial charge on any atom is 0.326 e. The Morgan fingerprint density at radius 2 is 1.68 bits per heavy atom. The predicted octanol–water partition coefficient (Wildman–Crippen LogP) is 2.97. The molecule has 3 aromatic rings. The number of aromatic hydroxyl groups is 1. The van der Waals surface area contributed by atoms with Crippen molar-refractivity contribution in [3.05, 3.63) is 77.9 Å². The second-order valence-electron chi connectivity index (χ2n) is 5.76.